The number of hydrogen-bond donors (Lipinski definition) is 2. The van der Waals surface area contributed by atoms with Crippen LogP contribution in [0.3, 0.4) is 0 Å². The van der Waals surface area contributed by atoms with Crippen LogP contribution in [0.2, 0.25) is 0 Å². The standard InChI is InChI=1S/C10H18F3N3O/c1-2-16(7-10(11,12)13)6-9(3-4-9)5-8(14)15-17/h17H,2-7H2,1H3,(H2,14,15). The summed E-state index contributed by atoms with van der Waals surface area (Å²) in [5, 5.41) is 11.3. The van der Waals surface area contributed by atoms with Crippen molar-refractivity contribution < 1.29 is 18.4 Å². The molecule has 0 saturated heterocycles. The first kappa shape index (κ1) is 14.1. The molecule has 0 aromatic rings. The lowest BCUT2D eigenvalue weighted by molar-refractivity contribution is -0.147. The van der Waals surface area contributed by atoms with Crippen molar-refractivity contribution in [1.82, 2.24) is 4.90 Å². The van der Waals surface area contributed by atoms with Crippen molar-refractivity contribution in [3.63, 3.8) is 0 Å². The summed E-state index contributed by atoms with van der Waals surface area (Å²) < 4.78 is 36.9. The number of nitrogens with zero attached hydrogens (tertiary/aromatic N) is 2. The molecule has 1 aliphatic carbocycles. The van der Waals surface area contributed by atoms with E-state index >= 15 is 0 Å². The Kier molecular flexibility index (Phi) is 4.24. The van der Waals surface area contributed by atoms with E-state index in [1.807, 2.05) is 0 Å². The quantitative estimate of drug-likeness (QED) is 0.328. The predicted molar refractivity (Wildman–Crippen MR) is 57.9 cm³/mol. The highest BCUT2D eigenvalue weighted by molar-refractivity contribution is 5.80. The third-order valence-electron chi connectivity index (χ3n) is 3.05. The fourth-order valence-corrected chi connectivity index (χ4v) is 1.99. The van der Waals surface area contributed by atoms with Crippen LogP contribution in [0.5, 0.6) is 0 Å². The van der Waals surface area contributed by atoms with Gasteiger partial charge in [-0.25, -0.2) is 0 Å². The van der Waals surface area contributed by atoms with Crippen LogP contribution in [0.4, 0.5) is 13.2 Å². The van der Waals surface area contributed by atoms with Gasteiger partial charge in [-0.2, -0.15) is 13.2 Å². The van der Waals surface area contributed by atoms with Gasteiger partial charge in [0.2, 0.25) is 0 Å². The highest BCUT2D eigenvalue weighted by Gasteiger charge is 2.45. The van der Waals surface area contributed by atoms with Crippen LogP contribution in [0.15, 0.2) is 5.16 Å². The molecule has 0 bridgehead atoms. The molecule has 0 atom stereocenters. The van der Waals surface area contributed by atoms with E-state index in [1.165, 1.54) is 4.90 Å². The number of hydrogen-bond acceptors (Lipinski definition) is 3. The molecule has 1 saturated carbocycles. The Morgan fingerprint density at radius 3 is 2.41 bits per heavy atom. The maximum atomic E-state index is 12.3. The molecule has 1 rings (SSSR count). The highest BCUT2D eigenvalue weighted by Crippen LogP contribution is 2.49. The molecule has 1 aliphatic rings. The minimum absolute atomic E-state index is 0.0885. The minimum atomic E-state index is -4.18. The summed E-state index contributed by atoms with van der Waals surface area (Å²) in [6.45, 7) is 1.49. The number of amidine groups is 1. The summed E-state index contributed by atoms with van der Waals surface area (Å²) in [7, 11) is 0. The average molecular weight is 253 g/mol. The van der Waals surface area contributed by atoms with Gasteiger partial charge < -0.3 is 10.9 Å². The molecule has 0 radical (unpaired) electrons. The molecule has 0 aliphatic heterocycles. The zero-order valence-corrected chi connectivity index (χ0v) is 9.80. The van der Waals surface area contributed by atoms with Gasteiger partial charge in [0.05, 0.1) is 6.54 Å². The van der Waals surface area contributed by atoms with Gasteiger partial charge in [-0.15, -0.1) is 0 Å². The first-order valence-electron chi connectivity index (χ1n) is 5.56. The monoisotopic (exact) mass is 253 g/mol. The van der Waals surface area contributed by atoms with Crippen LogP contribution in [-0.4, -0.2) is 41.8 Å². The van der Waals surface area contributed by atoms with Crippen LogP contribution in [-0.2, 0) is 0 Å². The second-order valence-corrected chi connectivity index (χ2v) is 4.69. The van der Waals surface area contributed by atoms with Gasteiger partial charge >= 0.3 is 6.18 Å². The van der Waals surface area contributed by atoms with E-state index in [-0.39, 0.29) is 11.3 Å². The van der Waals surface area contributed by atoms with Crippen molar-refractivity contribution in [2.75, 3.05) is 19.6 Å². The van der Waals surface area contributed by atoms with Crippen LogP contribution < -0.4 is 5.73 Å². The first-order chi connectivity index (χ1) is 7.80. The molecule has 0 spiro atoms. The van der Waals surface area contributed by atoms with Crippen LogP contribution in [0, 0.1) is 5.41 Å². The lowest BCUT2D eigenvalue weighted by Gasteiger charge is -2.26. The third kappa shape index (κ3) is 4.80. The lowest BCUT2D eigenvalue weighted by atomic mass is 10.0. The summed E-state index contributed by atoms with van der Waals surface area (Å²) in [6, 6.07) is 0. The van der Waals surface area contributed by atoms with E-state index < -0.39 is 12.7 Å². The molecular weight excluding hydrogens is 235 g/mol. The molecule has 4 nitrogen and oxygen atoms in total. The Morgan fingerprint density at radius 1 is 1.47 bits per heavy atom. The average Bonchev–Trinajstić information content (AvgIpc) is 2.94. The zero-order chi connectivity index (χ0) is 13.1. The topological polar surface area (TPSA) is 61.8 Å². The molecule has 0 unspecified atom stereocenters. The Balaban J connectivity index is 2.51. The lowest BCUT2D eigenvalue weighted by Crippen LogP contribution is -2.39. The van der Waals surface area contributed by atoms with E-state index in [1.54, 1.807) is 6.92 Å². The predicted octanol–water partition coefficient (Wildman–Crippen LogP) is 1.79. The highest BCUT2D eigenvalue weighted by atomic mass is 19.4. The second-order valence-electron chi connectivity index (χ2n) is 4.69. The summed E-state index contributed by atoms with van der Waals surface area (Å²) in [4.78, 5) is 1.36. The molecule has 17 heavy (non-hydrogen) atoms. The normalized spacial score (nSPS) is 19.7. The van der Waals surface area contributed by atoms with Crippen LogP contribution in [0.25, 0.3) is 0 Å². The van der Waals surface area contributed by atoms with Crippen molar-refractivity contribution in [1.29, 1.82) is 0 Å². The van der Waals surface area contributed by atoms with Crippen LogP contribution >= 0.6 is 0 Å². The molecule has 0 amide bonds. The summed E-state index contributed by atoms with van der Waals surface area (Å²) >= 11 is 0. The molecule has 100 valence electrons. The zero-order valence-electron chi connectivity index (χ0n) is 9.80. The van der Waals surface area contributed by atoms with Crippen molar-refractivity contribution in [2.24, 2.45) is 16.3 Å². The molecule has 0 aromatic carbocycles. The Hall–Kier alpha value is -0.980. The van der Waals surface area contributed by atoms with E-state index in [0.29, 0.717) is 19.5 Å². The van der Waals surface area contributed by atoms with E-state index in [2.05, 4.69) is 5.16 Å². The van der Waals surface area contributed by atoms with Crippen molar-refractivity contribution in [3.05, 3.63) is 0 Å². The van der Waals surface area contributed by atoms with Gasteiger partial charge in [0.25, 0.3) is 0 Å². The largest absolute Gasteiger partial charge is 0.409 e. The number of oxime groups is 1. The maximum absolute atomic E-state index is 12.3. The molecule has 1 fully saturated rings. The van der Waals surface area contributed by atoms with Crippen LogP contribution in [0.1, 0.15) is 26.2 Å². The molecule has 0 aromatic heterocycles. The van der Waals surface area contributed by atoms with E-state index in [0.717, 1.165) is 12.8 Å². The maximum Gasteiger partial charge on any atom is 0.401 e. The van der Waals surface area contributed by atoms with Crippen molar-refractivity contribution in [2.45, 2.75) is 32.4 Å². The summed E-state index contributed by atoms with van der Waals surface area (Å²) in [5.41, 5.74) is 5.18. The van der Waals surface area contributed by atoms with Gasteiger partial charge in [-0.05, 0) is 24.8 Å². The number of halogens is 3. The smallest absolute Gasteiger partial charge is 0.401 e. The van der Waals surface area contributed by atoms with Crippen molar-refractivity contribution >= 4 is 5.84 Å². The van der Waals surface area contributed by atoms with Gasteiger partial charge in [0, 0.05) is 13.0 Å². The van der Waals surface area contributed by atoms with Crippen molar-refractivity contribution in [3.8, 4) is 0 Å². The molecular formula is C10H18F3N3O. The van der Waals surface area contributed by atoms with Gasteiger partial charge in [-0.1, -0.05) is 12.1 Å². The second kappa shape index (κ2) is 5.12. The number of alkyl halides is 3. The third-order valence-corrected chi connectivity index (χ3v) is 3.05. The van der Waals surface area contributed by atoms with Gasteiger partial charge in [0.1, 0.15) is 5.84 Å². The molecule has 7 heteroatoms. The van der Waals surface area contributed by atoms with E-state index in [9.17, 15) is 13.2 Å². The Bertz CT molecular complexity index is 287. The van der Waals surface area contributed by atoms with Gasteiger partial charge in [0.15, 0.2) is 0 Å². The Morgan fingerprint density at radius 2 is 2.06 bits per heavy atom. The van der Waals surface area contributed by atoms with E-state index in [4.69, 9.17) is 10.9 Å². The number of nitrogens with two attached hydrogens (primary N) is 1. The minimum Gasteiger partial charge on any atom is -0.409 e. The fourth-order valence-electron chi connectivity index (χ4n) is 1.99. The first-order valence-corrected chi connectivity index (χ1v) is 5.56. The fraction of sp³-hybridized carbons (Fsp3) is 0.900. The van der Waals surface area contributed by atoms with Gasteiger partial charge in [-0.3, -0.25) is 4.90 Å². The molecule has 0 heterocycles. The number of rotatable bonds is 6. The molecule has 3 N–H and O–H groups in total. The summed E-state index contributed by atoms with van der Waals surface area (Å²) in [5.74, 6) is 0.0885. The SMILES string of the molecule is CCN(CC(F)(F)F)CC1(CC(N)=NO)CC1. The Labute approximate surface area is 98.3 Å². The summed E-state index contributed by atoms with van der Waals surface area (Å²) in [6.07, 6.45) is -2.16.